The molecule has 5 heterocycles. The molecule has 2 N–H and O–H groups in total. The number of anilines is 3. The van der Waals surface area contributed by atoms with Crippen molar-refractivity contribution >= 4 is 39.2 Å². The van der Waals surface area contributed by atoms with E-state index in [9.17, 15) is 0 Å². The van der Waals surface area contributed by atoms with Gasteiger partial charge in [0.05, 0.1) is 29.0 Å². The van der Waals surface area contributed by atoms with Gasteiger partial charge in [-0.15, -0.1) is 0 Å². The summed E-state index contributed by atoms with van der Waals surface area (Å²) in [5.74, 6) is 1.49. The van der Waals surface area contributed by atoms with Crippen molar-refractivity contribution in [2.24, 2.45) is 0 Å². The molecule has 0 amide bonds. The van der Waals surface area contributed by atoms with Gasteiger partial charge in [-0.2, -0.15) is 19.4 Å². The van der Waals surface area contributed by atoms with Gasteiger partial charge in [-0.3, -0.25) is 9.58 Å². The molecular formula is C25H37N9OS. The molecule has 3 fully saturated rings. The van der Waals surface area contributed by atoms with Gasteiger partial charge in [0.2, 0.25) is 5.95 Å². The van der Waals surface area contributed by atoms with E-state index < -0.39 is 0 Å². The lowest BCUT2D eigenvalue weighted by Crippen LogP contribution is -2.50. The second kappa shape index (κ2) is 10.6. The van der Waals surface area contributed by atoms with Crippen LogP contribution < -0.4 is 10.6 Å². The summed E-state index contributed by atoms with van der Waals surface area (Å²) in [6.07, 6.45) is 10.7. The van der Waals surface area contributed by atoms with Gasteiger partial charge in [0.25, 0.3) is 0 Å². The first-order valence-electron chi connectivity index (χ1n) is 13.3. The number of rotatable bonds is 6. The van der Waals surface area contributed by atoms with E-state index in [1.54, 1.807) is 0 Å². The summed E-state index contributed by atoms with van der Waals surface area (Å²) >= 11 is 1.44. The molecule has 11 heteroatoms. The Hall–Kier alpha value is -2.34. The second-order valence-corrected chi connectivity index (χ2v) is 11.3. The van der Waals surface area contributed by atoms with E-state index >= 15 is 0 Å². The Kier molecular flexibility index (Phi) is 7.05. The minimum atomic E-state index is 0.389. The van der Waals surface area contributed by atoms with Gasteiger partial charge in [0.15, 0.2) is 4.83 Å². The molecule has 1 aliphatic carbocycles. The second-order valence-electron chi connectivity index (χ2n) is 10.5. The summed E-state index contributed by atoms with van der Waals surface area (Å²) in [6, 6.07) is 1.53. The molecule has 3 aliphatic rings. The molecule has 0 bridgehead atoms. The van der Waals surface area contributed by atoms with Crippen molar-refractivity contribution < 1.29 is 4.74 Å². The number of nitrogens with one attached hydrogen (secondary N) is 2. The monoisotopic (exact) mass is 511 g/mol. The number of aryl methyl sites for hydroxylation is 1. The van der Waals surface area contributed by atoms with Crippen LogP contribution in [0.15, 0.2) is 12.4 Å². The van der Waals surface area contributed by atoms with Crippen LogP contribution in [0.3, 0.4) is 0 Å². The first-order chi connectivity index (χ1) is 17.6. The quantitative estimate of drug-likeness (QED) is 0.514. The largest absolute Gasteiger partial charge is 0.381 e. The number of aromatic nitrogens is 5. The highest BCUT2D eigenvalue weighted by molar-refractivity contribution is 7.13. The minimum Gasteiger partial charge on any atom is -0.381 e. The number of hydrogen-bond acceptors (Lipinski definition) is 10. The lowest BCUT2D eigenvalue weighted by molar-refractivity contribution is 0.0662. The lowest BCUT2D eigenvalue weighted by atomic mass is 9.89. The van der Waals surface area contributed by atoms with Crippen molar-refractivity contribution in [2.45, 2.75) is 63.6 Å². The van der Waals surface area contributed by atoms with Gasteiger partial charge < -0.3 is 20.3 Å². The number of ether oxygens (including phenoxy) is 1. The molecule has 0 atom stereocenters. The Morgan fingerprint density at radius 3 is 2.53 bits per heavy atom. The average Bonchev–Trinajstić information content (AvgIpc) is 3.52. The maximum Gasteiger partial charge on any atom is 0.230 e. The van der Waals surface area contributed by atoms with Crippen LogP contribution in [0.1, 0.15) is 50.3 Å². The van der Waals surface area contributed by atoms with Crippen molar-refractivity contribution in [2.75, 3.05) is 57.1 Å². The Morgan fingerprint density at radius 1 is 0.972 bits per heavy atom. The summed E-state index contributed by atoms with van der Waals surface area (Å²) in [6.45, 7) is 8.41. The van der Waals surface area contributed by atoms with Crippen LogP contribution in [0.25, 0.3) is 10.2 Å². The number of fused-ring (bicyclic) bond motifs is 1. The predicted molar refractivity (Wildman–Crippen MR) is 143 cm³/mol. The van der Waals surface area contributed by atoms with E-state index in [0.29, 0.717) is 18.0 Å². The summed E-state index contributed by atoms with van der Waals surface area (Å²) < 4.78 is 12.1. The number of hydrogen-bond donors (Lipinski definition) is 2. The zero-order chi connectivity index (χ0) is 24.5. The first kappa shape index (κ1) is 24.0. The Balaban J connectivity index is 1.14. The topological polar surface area (TPSA) is 96.3 Å². The molecule has 36 heavy (non-hydrogen) atoms. The van der Waals surface area contributed by atoms with Gasteiger partial charge in [-0.05, 0) is 64.0 Å². The molecule has 1 saturated carbocycles. The number of nitrogens with zero attached hydrogens (tertiary/aromatic N) is 7. The standard InChI is InChI=1S/C25H37N9OS/c1-17-22-23(27-18-3-5-20(6-4-18)33-11-9-32(2)10-12-33)29-25(30-24(22)36-31-17)28-19-15-26-34(16-19)21-7-13-35-14-8-21/h15-16,18,20-21H,3-14H2,1-2H3,(H2,27,28,29,30). The third-order valence-corrected chi connectivity index (χ3v) is 8.85. The van der Waals surface area contributed by atoms with Gasteiger partial charge >= 0.3 is 0 Å². The fraction of sp³-hybridized carbons (Fsp3) is 0.680. The smallest absolute Gasteiger partial charge is 0.230 e. The van der Waals surface area contributed by atoms with E-state index in [0.717, 1.165) is 59.5 Å². The predicted octanol–water partition coefficient (Wildman–Crippen LogP) is 3.66. The molecule has 6 rings (SSSR count). The van der Waals surface area contributed by atoms with Crippen LogP contribution in [-0.4, -0.2) is 92.4 Å². The first-order valence-corrected chi connectivity index (χ1v) is 14.1. The van der Waals surface area contributed by atoms with Crippen LogP contribution >= 0.6 is 11.5 Å². The van der Waals surface area contributed by atoms with E-state index in [1.165, 1.54) is 63.4 Å². The maximum absolute atomic E-state index is 5.49. The highest BCUT2D eigenvalue weighted by atomic mass is 32.1. The van der Waals surface area contributed by atoms with E-state index in [-0.39, 0.29) is 0 Å². The van der Waals surface area contributed by atoms with E-state index in [2.05, 4.69) is 37.0 Å². The molecule has 2 saturated heterocycles. The lowest BCUT2D eigenvalue weighted by Gasteiger charge is -2.41. The molecule has 10 nitrogen and oxygen atoms in total. The fourth-order valence-corrected chi connectivity index (χ4v) is 6.57. The van der Waals surface area contributed by atoms with Gasteiger partial charge in [0.1, 0.15) is 5.82 Å². The fourth-order valence-electron chi connectivity index (χ4n) is 5.80. The molecule has 0 unspecified atom stereocenters. The molecule has 0 radical (unpaired) electrons. The van der Waals surface area contributed by atoms with Crippen molar-refractivity contribution in [1.29, 1.82) is 0 Å². The van der Waals surface area contributed by atoms with Crippen LogP contribution in [-0.2, 0) is 4.74 Å². The highest BCUT2D eigenvalue weighted by Gasteiger charge is 2.28. The Morgan fingerprint density at radius 2 is 1.75 bits per heavy atom. The number of likely N-dealkylation sites (N-methyl/N-ethyl adjacent to an activating group) is 1. The van der Waals surface area contributed by atoms with Gasteiger partial charge in [-0.1, -0.05) is 0 Å². The van der Waals surface area contributed by atoms with Crippen molar-refractivity contribution in [1.82, 2.24) is 33.9 Å². The van der Waals surface area contributed by atoms with Crippen molar-refractivity contribution in [3.8, 4) is 0 Å². The van der Waals surface area contributed by atoms with Crippen LogP contribution in [0, 0.1) is 6.92 Å². The summed E-state index contributed by atoms with van der Waals surface area (Å²) in [7, 11) is 2.23. The SMILES string of the molecule is Cc1nsc2nc(Nc3cnn(C4CCOCC4)c3)nc(NC3CCC(N4CCN(C)CC4)CC3)c12. The zero-order valence-corrected chi connectivity index (χ0v) is 22.1. The highest BCUT2D eigenvalue weighted by Crippen LogP contribution is 2.32. The molecule has 0 spiro atoms. The molecule has 194 valence electrons. The molecule has 2 aliphatic heterocycles. The summed E-state index contributed by atoms with van der Waals surface area (Å²) in [5.41, 5.74) is 1.89. The molecule has 3 aromatic rings. The van der Waals surface area contributed by atoms with Crippen molar-refractivity contribution in [3.05, 3.63) is 18.1 Å². The average molecular weight is 512 g/mol. The third kappa shape index (κ3) is 5.20. The third-order valence-electron chi connectivity index (χ3n) is 8.02. The molecule has 0 aromatic carbocycles. The number of piperazine rings is 1. The minimum absolute atomic E-state index is 0.389. The molecular weight excluding hydrogens is 474 g/mol. The van der Waals surface area contributed by atoms with Crippen LogP contribution in [0.5, 0.6) is 0 Å². The summed E-state index contributed by atoms with van der Waals surface area (Å²) in [4.78, 5) is 15.7. The Bertz CT molecular complexity index is 1160. The van der Waals surface area contributed by atoms with Crippen molar-refractivity contribution in [3.63, 3.8) is 0 Å². The van der Waals surface area contributed by atoms with Gasteiger partial charge in [-0.25, -0.2) is 0 Å². The van der Waals surface area contributed by atoms with Crippen LogP contribution in [0.2, 0.25) is 0 Å². The molecule has 3 aromatic heterocycles. The normalized spacial score (nSPS) is 24.8. The zero-order valence-electron chi connectivity index (χ0n) is 21.3. The van der Waals surface area contributed by atoms with Gasteiger partial charge in [0, 0.05) is 57.7 Å². The van der Waals surface area contributed by atoms with E-state index in [4.69, 9.17) is 14.7 Å². The van der Waals surface area contributed by atoms with E-state index in [1.807, 2.05) is 24.0 Å². The Labute approximate surface area is 216 Å². The van der Waals surface area contributed by atoms with Crippen LogP contribution in [0.4, 0.5) is 17.5 Å². The maximum atomic E-state index is 5.49. The summed E-state index contributed by atoms with van der Waals surface area (Å²) in [5, 5.41) is 12.8.